The second kappa shape index (κ2) is 5.79. The number of aromatic nitrogens is 1. The summed E-state index contributed by atoms with van der Waals surface area (Å²) in [5.74, 6) is 0.0697. The Labute approximate surface area is 121 Å². The molecule has 2 rings (SSSR count). The molecular formula is C14H15ClN4O. The summed E-state index contributed by atoms with van der Waals surface area (Å²) in [6.07, 6.45) is 0. The fraction of sp³-hybridized carbons (Fsp3) is 0.143. The number of nitrogens with zero attached hydrogens (tertiary/aromatic N) is 1. The average Bonchev–Trinajstić information content (AvgIpc) is 2.41. The number of pyridine rings is 1. The number of nitrogen functional groups attached to an aromatic ring is 1. The van der Waals surface area contributed by atoms with Gasteiger partial charge in [-0.2, -0.15) is 0 Å². The smallest absolute Gasteiger partial charge is 0.250 e. The molecule has 1 aromatic heterocycles. The average molecular weight is 291 g/mol. The number of rotatable bonds is 4. The number of nitrogens with two attached hydrogens (primary N) is 2. The third-order valence-corrected chi connectivity index (χ3v) is 3.11. The van der Waals surface area contributed by atoms with Crippen LogP contribution in [0.15, 0.2) is 30.3 Å². The van der Waals surface area contributed by atoms with E-state index >= 15 is 0 Å². The van der Waals surface area contributed by atoms with Crippen molar-refractivity contribution in [2.75, 3.05) is 17.6 Å². The molecular weight excluding hydrogens is 276 g/mol. The summed E-state index contributed by atoms with van der Waals surface area (Å²) < 4.78 is 0. The second-order valence-corrected chi connectivity index (χ2v) is 4.63. The highest BCUT2D eigenvalue weighted by Crippen LogP contribution is 2.27. The summed E-state index contributed by atoms with van der Waals surface area (Å²) in [5.41, 5.74) is 13.4. The fourth-order valence-corrected chi connectivity index (χ4v) is 2.09. The molecule has 20 heavy (non-hydrogen) atoms. The maximum Gasteiger partial charge on any atom is 0.250 e. The summed E-state index contributed by atoms with van der Waals surface area (Å²) in [5, 5.41) is 3.39. The number of anilines is 2. The minimum Gasteiger partial charge on any atom is -0.396 e. The lowest BCUT2D eigenvalue weighted by Crippen LogP contribution is -2.11. The van der Waals surface area contributed by atoms with Gasteiger partial charge in [0, 0.05) is 12.1 Å². The number of amides is 1. The Balaban J connectivity index is 2.44. The lowest BCUT2D eigenvalue weighted by Gasteiger charge is -2.09. The lowest BCUT2D eigenvalue weighted by atomic mass is 10.1. The molecule has 0 fully saturated rings. The van der Waals surface area contributed by atoms with Crippen molar-refractivity contribution in [3.8, 4) is 11.3 Å². The van der Waals surface area contributed by atoms with Gasteiger partial charge in [0.2, 0.25) is 5.91 Å². The maximum absolute atomic E-state index is 11.1. The van der Waals surface area contributed by atoms with Gasteiger partial charge >= 0.3 is 0 Å². The molecule has 5 nitrogen and oxygen atoms in total. The molecule has 5 N–H and O–H groups in total. The molecule has 104 valence electrons. The van der Waals surface area contributed by atoms with Gasteiger partial charge in [0.05, 0.1) is 22.0 Å². The van der Waals surface area contributed by atoms with Crippen LogP contribution in [0.5, 0.6) is 0 Å². The van der Waals surface area contributed by atoms with Gasteiger partial charge in [-0.15, -0.1) is 0 Å². The Morgan fingerprint density at radius 3 is 2.70 bits per heavy atom. The van der Waals surface area contributed by atoms with Gasteiger partial charge in [0.25, 0.3) is 0 Å². The molecule has 1 aromatic carbocycles. The zero-order valence-corrected chi connectivity index (χ0v) is 11.7. The predicted octanol–water partition coefficient (Wildman–Crippen LogP) is 2.51. The topological polar surface area (TPSA) is 94.0 Å². The predicted molar refractivity (Wildman–Crippen MR) is 81.8 cm³/mol. The number of carbonyl (C=O) groups is 1. The monoisotopic (exact) mass is 290 g/mol. The highest BCUT2D eigenvalue weighted by molar-refractivity contribution is 6.34. The molecule has 0 saturated heterocycles. The standard InChI is InChI=1S/C14H15ClN4O/c1-2-18-14-11(16)5-6-12(19-14)8-3-4-9(13(17)20)10(15)7-8/h3-7H,2,16H2,1H3,(H2,17,20)(H,18,19). The molecule has 0 aliphatic heterocycles. The normalized spacial score (nSPS) is 10.3. The van der Waals surface area contributed by atoms with Crippen molar-refractivity contribution in [1.29, 1.82) is 0 Å². The quantitative estimate of drug-likeness (QED) is 0.806. The van der Waals surface area contributed by atoms with Gasteiger partial charge in [-0.25, -0.2) is 4.98 Å². The second-order valence-electron chi connectivity index (χ2n) is 4.22. The third-order valence-electron chi connectivity index (χ3n) is 2.80. The first kappa shape index (κ1) is 14.1. The first-order chi connectivity index (χ1) is 9.52. The van der Waals surface area contributed by atoms with Gasteiger partial charge < -0.3 is 16.8 Å². The molecule has 1 heterocycles. The number of hydrogen-bond donors (Lipinski definition) is 3. The Morgan fingerprint density at radius 2 is 2.10 bits per heavy atom. The van der Waals surface area contributed by atoms with E-state index in [9.17, 15) is 4.79 Å². The van der Waals surface area contributed by atoms with Crippen molar-refractivity contribution >= 4 is 29.0 Å². The van der Waals surface area contributed by atoms with Crippen molar-refractivity contribution < 1.29 is 4.79 Å². The number of hydrogen-bond acceptors (Lipinski definition) is 4. The number of halogens is 1. The maximum atomic E-state index is 11.1. The number of nitrogens with one attached hydrogen (secondary N) is 1. The van der Waals surface area contributed by atoms with E-state index in [2.05, 4.69) is 10.3 Å². The Kier molecular flexibility index (Phi) is 4.10. The summed E-state index contributed by atoms with van der Waals surface area (Å²) in [7, 11) is 0. The molecule has 0 radical (unpaired) electrons. The van der Waals surface area contributed by atoms with E-state index in [0.717, 1.165) is 12.1 Å². The molecule has 0 spiro atoms. The van der Waals surface area contributed by atoms with E-state index < -0.39 is 5.91 Å². The lowest BCUT2D eigenvalue weighted by molar-refractivity contribution is 0.100. The number of benzene rings is 1. The van der Waals surface area contributed by atoms with Crippen molar-refractivity contribution in [3.63, 3.8) is 0 Å². The van der Waals surface area contributed by atoms with Crippen molar-refractivity contribution in [3.05, 3.63) is 40.9 Å². The van der Waals surface area contributed by atoms with Crippen LogP contribution in [0.3, 0.4) is 0 Å². The van der Waals surface area contributed by atoms with Gasteiger partial charge in [-0.1, -0.05) is 17.7 Å². The Morgan fingerprint density at radius 1 is 1.35 bits per heavy atom. The SMILES string of the molecule is CCNc1nc(-c2ccc(C(N)=O)c(Cl)c2)ccc1N. The first-order valence-corrected chi connectivity index (χ1v) is 6.51. The van der Waals surface area contributed by atoms with Crippen molar-refractivity contribution in [2.45, 2.75) is 6.92 Å². The number of primary amides is 1. The van der Waals surface area contributed by atoms with Crippen LogP contribution in [0.4, 0.5) is 11.5 Å². The Hall–Kier alpha value is -2.27. The van der Waals surface area contributed by atoms with E-state index in [-0.39, 0.29) is 5.56 Å². The Bertz CT molecular complexity index is 658. The van der Waals surface area contributed by atoms with Crippen molar-refractivity contribution in [1.82, 2.24) is 4.98 Å². The fourth-order valence-electron chi connectivity index (χ4n) is 1.81. The summed E-state index contributed by atoms with van der Waals surface area (Å²) in [6.45, 7) is 2.69. The zero-order valence-electron chi connectivity index (χ0n) is 11.0. The van der Waals surface area contributed by atoms with Crippen LogP contribution in [0, 0.1) is 0 Å². The summed E-state index contributed by atoms with van der Waals surface area (Å²) in [4.78, 5) is 15.6. The van der Waals surface area contributed by atoms with Crippen LogP contribution in [0.2, 0.25) is 5.02 Å². The minimum absolute atomic E-state index is 0.290. The van der Waals surface area contributed by atoms with Crippen LogP contribution in [0.1, 0.15) is 17.3 Å². The van der Waals surface area contributed by atoms with E-state index in [1.54, 1.807) is 30.3 Å². The molecule has 6 heteroatoms. The van der Waals surface area contributed by atoms with Gasteiger partial charge in [-0.3, -0.25) is 4.79 Å². The molecule has 0 aliphatic carbocycles. The van der Waals surface area contributed by atoms with Crippen molar-refractivity contribution in [2.24, 2.45) is 5.73 Å². The summed E-state index contributed by atoms with van der Waals surface area (Å²) >= 11 is 6.04. The van der Waals surface area contributed by atoms with Crippen LogP contribution < -0.4 is 16.8 Å². The zero-order chi connectivity index (χ0) is 14.7. The van der Waals surface area contributed by atoms with Crippen LogP contribution in [-0.4, -0.2) is 17.4 Å². The van der Waals surface area contributed by atoms with Gasteiger partial charge in [0.1, 0.15) is 5.82 Å². The van der Waals surface area contributed by atoms with Crippen LogP contribution >= 0.6 is 11.6 Å². The molecule has 1 amide bonds. The van der Waals surface area contributed by atoms with E-state index in [4.69, 9.17) is 23.1 Å². The van der Waals surface area contributed by atoms with Crippen LogP contribution in [-0.2, 0) is 0 Å². The van der Waals surface area contributed by atoms with E-state index in [1.165, 1.54) is 0 Å². The minimum atomic E-state index is -0.555. The molecule has 0 atom stereocenters. The highest BCUT2D eigenvalue weighted by atomic mass is 35.5. The molecule has 2 aromatic rings. The van der Waals surface area contributed by atoms with Crippen LogP contribution in [0.25, 0.3) is 11.3 Å². The first-order valence-electron chi connectivity index (χ1n) is 6.13. The van der Waals surface area contributed by atoms with E-state index in [1.807, 2.05) is 6.92 Å². The van der Waals surface area contributed by atoms with Gasteiger partial charge in [-0.05, 0) is 31.2 Å². The summed E-state index contributed by atoms with van der Waals surface area (Å²) in [6, 6.07) is 8.57. The largest absolute Gasteiger partial charge is 0.396 e. The van der Waals surface area contributed by atoms with Gasteiger partial charge in [0.15, 0.2) is 0 Å². The number of carbonyl (C=O) groups excluding carboxylic acids is 1. The molecule has 0 bridgehead atoms. The third kappa shape index (κ3) is 2.83. The molecule has 0 saturated carbocycles. The molecule has 0 unspecified atom stereocenters. The molecule has 0 aliphatic rings. The highest BCUT2D eigenvalue weighted by Gasteiger charge is 2.10. The van der Waals surface area contributed by atoms with E-state index in [0.29, 0.717) is 22.2 Å².